The highest BCUT2D eigenvalue weighted by Gasteiger charge is 2.28. The molecule has 0 radical (unpaired) electrons. The van der Waals surface area contributed by atoms with Crippen molar-refractivity contribution in [1.29, 1.82) is 0 Å². The molecule has 0 spiro atoms. The predicted molar refractivity (Wildman–Crippen MR) is 320 cm³/mol. The quantitative estimate of drug-likeness (QED) is 0.0997. The van der Waals surface area contributed by atoms with E-state index in [-0.39, 0.29) is 0 Å². The molecule has 0 aliphatic carbocycles. The Hall–Kier alpha value is -7.62. The summed E-state index contributed by atoms with van der Waals surface area (Å²) in [4.78, 5) is 8.67. The Labute approximate surface area is 428 Å². The van der Waals surface area contributed by atoms with Crippen LogP contribution >= 0.6 is 16.1 Å². The predicted octanol–water partition coefficient (Wildman–Crippen LogP) is 14.2. The molecule has 0 saturated carbocycles. The van der Waals surface area contributed by atoms with E-state index in [1.54, 1.807) is 0 Å². The summed E-state index contributed by atoms with van der Waals surface area (Å²) in [7, 11) is 14.5. The summed E-state index contributed by atoms with van der Waals surface area (Å²) in [5.74, 6) is 0. The molecule has 0 aliphatic rings. The monoisotopic (exact) mass is 976 g/mol. The molecule has 0 aromatic heterocycles. The molecule has 6 nitrogen and oxygen atoms in total. The van der Waals surface area contributed by atoms with Crippen LogP contribution in [0.2, 0.25) is 0 Å². The zero-order valence-corrected chi connectivity index (χ0v) is 44.3. The van der Waals surface area contributed by atoms with Gasteiger partial charge in [-0.2, -0.15) is 0 Å². The van der Waals surface area contributed by atoms with Crippen LogP contribution in [0.4, 0.5) is 34.1 Å². The highest BCUT2D eigenvalue weighted by atomic mass is 31.1. The van der Waals surface area contributed by atoms with Crippen molar-refractivity contribution in [3.8, 4) is 33.4 Å². The number of hydrogen-bond donors (Lipinski definition) is 2. The van der Waals surface area contributed by atoms with Crippen LogP contribution < -0.4 is 51.0 Å². The van der Waals surface area contributed by atoms with Gasteiger partial charge in [-0.25, -0.2) is 0 Å². The van der Waals surface area contributed by atoms with Crippen LogP contribution in [0.1, 0.15) is 0 Å². The van der Waals surface area contributed by atoms with E-state index in [0.29, 0.717) is 0 Å². The average Bonchev–Trinajstić information content (AvgIpc) is 3.41. The first-order valence-electron chi connectivity index (χ1n) is 24.5. The first-order chi connectivity index (χ1) is 35.0. The number of benzene rings is 10. The second kappa shape index (κ2) is 21.0. The van der Waals surface area contributed by atoms with E-state index >= 15 is 0 Å². The molecule has 0 aliphatic heterocycles. The summed E-state index contributed by atoms with van der Waals surface area (Å²) in [5, 5.41) is 18.5. The molecule has 0 amide bonds. The molecule has 358 valence electrons. The van der Waals surface area contributed by atoms with Crippen LogP contribution in [0.15, 0.2) is 218 Å². The third-order valence-corrected chi connectivity index (χ3v) is 17.6. The lowest BCUT2D eigenvalue weighted by Crippen LogP contribution is -2.20. The largest absolute Gasteiger partial charge is 0.378 e. The van der Waals surface area contributed by atoms with E-state index in [1.807, 2.05) is 0 Å². The molecule has 0 fully saturated rings. The molecule has 10 rings (SSSR count). The van der Waals surface area contributed by atoms with Crippen LogP contribution in [0, 0.1) is 0 Å². The topological polar surface area (TPSA) is 37.0 Å². The smallest absolute Gasteiger partial charge is 0.0544 e. The lowest BCUT2D eigenvalue weighted by atomic mass is 9.85. The van der Waals surface area contributed by atoms with E-state index in [0.717, 1.165) is 67.5 Å². The first kappa shape index (κ1) is 48.0. The lowest BCUT2D eigenvalue weighted by Gasteiger charge is -2.30. The highest BCUT2D eigenvalue weighted by Crippen LogP contribution is 2.55. The van der Waals surface area contributed by atoms with E-state index in [1.165, 1.54) is 42.8 Å². The number of anilines is 6. The number of hydrogen-bond acceptors (Lipinski definition) is 6. The Morgan fingerprint density at radius 2 is 0.556 bits per heavy atom. The minimum atomic E-state index is -1.18. The fourth-order valence-electron chi connectivity index (χ4n) is 9.52. The van der Waals surface area contributed by atoms with Gasteiger partial charge in [0.25, 0.3) is 0 Å². The normalized spacial score (nSPS) is 11.3. The maximum absolute atomic E-state index is 4.44. The van der Waals surface area contributed by atoms with Crippen LogP contribution in [-0.2, 0) is 0 Å². The summed E-state index contributed by atoms with van der Waals surface area (Å²) >= 11 is 0. The van der Waals surface area contributed by atoms with Crippen molar-refractivity contribution in [2.24, 2.45) is 0 Å². The molecule has 72 heavy (non-hydrogen) atoms. The van der Waals surface area contributed by atoms with Crippen LogP contribution in [0.25, 0.3) is 54.9 Å². The van der Waals surface area contributed by atoms with E-state index in [4.69, 9.17) is 0 Å². The SMILES string of the molecule is CN(C)c1ccc(P(Nc2c(-c3ccccc3)cc3ccccc3c2-c2c(NP(c3ccc(N(C)C)cc3)c3ccc(N(C)C)cc3)c(-c3ccccc3)cc3ccccc23)c2ccc(N(C)C)cc2)cc1. The highest BCUT2D eigenvalue weighted by molar-refractivity contribution is 7.74. The third kappa shape index (κ3) is 9.86. The zero-order chi connectivity index (χ0) is 49.9. The molecule has 2 N–H and O–H groups in total. The van der Waals surface area contributed by atoms with Gasteiger partial charge in [0.05, 0.1) is 27.5 Å². The van der Waals surface area contributed by atoms with Crippen molar-refractivity contribution >= 4 is 93.0 Å². The van der Waals surface area contributed by atoms with Gasteiger partial charge in [0, 0.05) is 123 Å². The Kier molecular flexibility index (Phi) is 14.0. The van der Waals surface area contributed by atoms with Crippen molar-refractivity contribution in [2.75, 3.05) is 86.2 Å². The van der Waals surface area contributed by atoms with Crippen molar-refractivity contribution in [3.05, 3.63) is 218 Å². The van der Waals surface area contributed by atoms with Crippen molar-refractivity contribution in [1.82, 2.24) is 0 Å². The molecule has 0 unspecified atom stereocenters. The fraction of sp³-hybridized carbons (Fsp3) is 0.125. The number of nitrogens with zero attached hydrogens (tertiary/aromatic N) is 4. The van der Waals surface area contributed by atoms with Gasteiger partial charge < -0.3 is 29.8 Å². The van der Waals surface area contributed by atoms with Crippen molar-refractivity contribution < 1.29 is 0 Å². The Bertz CT molecular complexity index is 3110. The standard InChI is InChI=1S/C64H62N6P2/c1-67(2)49-27-35-53(36-28-49)71(54-37-29-50(30-38-54)68(3)4)65-63-59(45-19-11-9-12-20-45)43-47-23-15-17-25-57(47)61(63)62-58-26-18-16-24-48(58)44-60(46-21-13-10-14-22-46)64(62)66-72(55-39-31-51(32-40-55)69(5)6)56-41-33-52(34-42-56)70(7)8/h9-44,65-66H,1-8H3. The second-order valence-corrected chi connectivity index (χ2v) is 22.9. The zero-order valence-electron chi connectivity index (χ0n) is 42.5. The first-order valence-corrected chi connectivity index (χ1v) is 27.2. The molecule has 0 saturated heterocycles. The molecule has 0 heterocycles. The Balaban J connectivity index is 1.32. The minimum absolute atomic E-state index is 1.09. The van der Waals surface area contributed by atoms with Crippen LogP contribution in [0.5, 0.6) is 0 Å². The van der Waals surface area contributed by atoms with Crippen LogP contribution in [-0.4, -0.2) is 56.4 Å². The van der Waals surface area contributed by atoms with Gasteiger partial charge in [0.15, 0.2) is 0 Å². The summed E-state index contributed by atoms with van der Waals surface area (Å²) < 4.78 is 0. The van der Waals surface area contributed by atoms with E-state index in [9.17, 15) is 0 Å². The number of fused-ring (bicyclic) bond motifs is 2. The minimum Gasteiger partial charge on any atom is -0.378 e. The molecule has 10 aromatic rings. The molecular weight excluding hydrogens is 915 g/mol. The summed E-state index contributed by atoms with van der Waals surface area (Å²) in [6.07, 6.45) is 0. The van der Waals surface area contributed by atoms with Gasteiger partial charge in [-0.1, -0.05) is 158 Å². The third-order valence-electron chi connectivity index (χ3n) is 13.5. The lowest BCUT2D eigenvalue weighted by molar-refractivity contribution is 1.13. The van der Waals surface area contributed by atoms with E-state index < -0.39 is 16.1 Å². The molecule has 8 heteroatoms. The van der Waals surface area contributed by atoms with Crippen LogP contribution in [0.3, 0.4) is 0 Å². The van der Waals surface area contributed by atoms with Gasteiger partial charge in [0.1, 0.15) is 0 Å². The molecule has 0 bridgehead atoms. The van der Waals surface area contributed by atoms with Gasteiger partial charge in [0.2, 0.25) is 0 Å². The fourth-order valence-corrected chi connectivity index (χ4v) is 13.3. The number of nitrogens with one attached hydrogen (secondary N) is 2. The van der Waals surface area contributed by atoms with Crippen molar-refractivity contribution in [2.45, 2.75) is 0 Å². The number of rotatable bonds is 15. The molecule has 10 aromatic carbocycles. The summed E-state index contributed by atoms with van der Waals surface area (Å²) in [6.45, 7) is 0. The van der Waals surface area contributed by atoms with Crippen molar-refractivity contribution in [3.63, 3.8) is 0 Å². The van der Waals surface area contributed by atoms with Gasteiger partial charge in [-0.05, 0) is 93.3 Å². The van der Waals surface area contributed by atoms with Gasteiger partial charge >= 0.3 is 0 Å². The Morgan fingerprint density at radius 3 is 0.833 bits per heavy atom. The summed E-state index contributed by atoms with van der Waals surface area (Å²) in [5.41, 5.74) is 13.7. The molecular formula is C64H62N6P2. The second-order valence-electron chi connectivity index (χ2n) is 19.1. The average molecular weight is 977 g/mol. The summed E-state index contributed by atoms with van der Waals surface area (Å²) in [6, 6.07) is 81.1. The van der Waals surface area contributed by atoms with Gasteiger partial charge in [-0.15, -0.1) is 0 Å². The Morgan fingerprint density at radius 1 is 0.292 bits per heavy atom. The van der Waals surface area contributed by atoms with E-state index in [2.05, 4.69) is 305 Å². The molecule has 0 atom stereocenters. The van der Waals surface area contributed by atoms with Gasteiger partial charge in [-0.3, -0.25) is 0 Å². The maximum Gasteiger partial charge on any atom is 0.0544 e. The maximum atomic E-state index is 4.44.